The Kier molecular flexibility index (Phi) is 9.90. The highest BCUT2D eigenvalue weighted by molar-refractivity contribution is 14.0. The molecule has 3 aliphatic rings. The van der Waals surface area contributed by atoms with Gasteiger partial charge in [0.15, 0.2) is 5.96 Å². The number of likely N-dealkylation sites (tertiary alicyclic amines) is 1. The van der Waals surface area contributed by atoms with Crippen LogP contribution in [0.1, 0.15) is 20.3 Å². The number of hydrogen-bond donors (Lipinski definition) is 1. The molecule has 0 amide bonds. The van der Waals surface area contributed by atoms with Crippen LogP contribution in [0.2, 0.25) is 0 Å². The molecule has 0 radical (unpaired) electrons. The third kappa shape index (κ3) is 6.19. The van der Waals surface area contributed by atoms with Crippen LogP contribution in [0.5, 0.6) is 0 Å². The van der Waals surface area contributed by atoms with Crippen molar-refractivity contribution in [3.8, 4) is 0 Å². The van der Waals surface area contributed by atoms with Crippen LogP contribution in [0.3, 0.4) is 0 Å². The van der Waals surface area contributed by atoms with E-state index >= 15 is 0 Å². The van der Waals surface area contributed by atoms with Gasteiger partial charge in [0, 0.05) is 57.9 Å². The Labute approximate surface area is 175 Å². The summed E-state index contributed by atoms with van der Waals surface area (Å²) in [5.41, 5.74) is 0. The van der Waals surface area contributed by atoms with Crippen molar-refractivity contribution in [2.45, 2.75) is 32.4 Å². The van der Waals surface area contributed by atoms with Crippen LogP contribution in [-0.2, 0) is 9.47 Å². The molecule has 3 rings (SSSR count). The van der Waals surface area contributed by atoms with Gasteiger partial charge in [-0.3, -0.25) is 14.8 Å². The van der Waals surface area contributed by atoms with Gasteiger partial charge in [-0.1, -0.05) is 0 Å². The first kappa shape index (κ1) is 22.1. The van der Waals surface area contributed by atoms with E-state index in [4.69, 9.17) is 14.5 Å². The lowest BCUT2D eigenvalue weighted by Crippen LogP contribution is -2.47. The van der Waals surface area contributed by atoms with E-state index in [0.717, 1.165) is 84.7 Å². The van der Waals surface area contributed by atoms with Crippen LogP contribution in [-0.4, -0.2) is 112 Å². The average molecular weight is 481 g/mol. The van der Waals surface area contributed by atoms with Crippen molar-refractivity contribution in [1.29, 1.82) is 0 Å². The van der Waals surface area contributed by atoms with Gasteiger partial charge in [-0.05, 0) is 20.3 Å². The zero-order valence-electron chi connectivity index (χ0n) is 16.4. The first-order valence-electron chi connectivity index (χ1n) is 9.94. The van der Waals surface area contributed by atoms with Crippen LogP contribution in [0.15, 0.2) is 4.99 Å². The zero-order chi connectivity index (χ0) is 17.5. The monoisotopic (exact) mass is 481 g/mol. The third-order valence-corrected chi connectivity index (χ3v) is 5.53. The molecule has 0 spiro atoms. The summed E-state index contributed by atoms with van der Waals surface area (Å²) < 4.78 is 10.9. The topological polar surface area (TPSA) is 52.6 Å². The minimum absolute atomic E-state index is 0. The number of guanidine groups is 1. The summed E-state index contributed by atoms with van der Waals surface area (Å²) in [5, 5.41) is 3.50. The molecule has 2 unspecified atom stereocenters. The van der Waals surface area contributed by atoms with Crippen LogP contribution >= 0.6 is 24.0 Å². The van der Waals surface area contributed by atoms with Crippen molar-refractivity contribution in [1.82, 2.24) is 20.0 Å². The van der Waals surface area contributed by atoms with Gasteiger partial charge in [-0.15, -0.1) is 24.0 Å². The quantitative estimate of drug-likeness (QED) is 0.355. The molecule has 8 heteroatoms. The summed E-state index contributed by atoms with van der Waals surface area (Å²) in [4.78, 5) is 12.5. The number of nitrogens with one attached hydrogen (secondary N) is 1. The van der Waals surface area contributed by atoms with E-state index in [-0.39, 0.29) is 24.0 Å². The number of nitrogens with zero attached hydrogens (tertiary/aromatic N) is 4. The summed E-state index contributed by atoms with van der Waals surface area (Å²) >= 11 is 0. The van der Waals surface area contributed by atoms with E-state index in [1.165, 1.54) is 6.42 Å². The van der Waals surface area contributed by atoms with Crippen molar-refractivity contribution in [3.63, 3.8) is 0 Å². The number of rotatable bonds is 5. The van der Waals surface area contributed by atoms with Gasteiger partial charge in [0.1, 0.15) is 0 Å². The van der Waals surface area contributed by atoms with Gasteiger partial charge in [0.2, 0.25) is 0 Å². The number of morpholine rings is 2. The molecule has 0 aliphatic carbocycles. The zero-order valence-corrected chi connectivity index (χ0v) is 18.7. The first-order chi connectivity index (χ1) is 12.3. The van der Waals surface area contributed by atoms with Crippen LogP contribution in [0, 0.1) is 0 Å². The van der Waals surface area contributed by atoms with Gasteiger partial charge in [-0.2, -0.15) is 0 Å². The summed E-state index contributed by atoms with van der Waals surface area (Å²) in [6.45, 7) is 16.0. The van der Waals surface area contributed by atoms with Gasteiger partial charge in [-0.25, -0.2) is 0 Å². The van der Waals surface area contributed by atoms with Crippen molar-refractivity contribution < 1.29 is 9.47 Å². The van der Waals surface area contributed by atoms with E-state index in [1.807, 2.05) is 0 Å². The van der Waals surface area contributed by atoms with Crippen molar-refractivity contribution in [2.75, 3.05) is 78.8 Å². The van der Waals surface area contributed by atoms with Crippen LogP contribution < -0.4 is 5.32 Å². The van der Waals surface area contributed by atoms with Gasteiger partial charge >= 0.3 is 0 Å². The summed E-state index contributed by atoms with van der Waals surface area (Å²) in [5.74, 6) is 1.08. The molecule has 3 saturated heterocycles. The van der Waals surface area contributed by atoms with Crippen LogP contribution in [0.4, 0.5) is 0 Å². The molecule has 1 N–H and O–H groups in total. The second-order valence-electron chi connectivity index (χ2n) is 7.23. The predicted octanol–water partition coefficient (Wildman–Crippen LogP) is 0.697. The Hall–Kier alpha value is -0.160. The second-order valence-corrected chi connectivity index (χ2v) is 7.23. The Morgan fingerprint density at radius 2 is 1.73 bits per heavy atom. The van der Waals surface area contributed by atoms with Crippen molar-refractivity contribution >= 4 is 29.9 Å². The fraction of sp³-hybridized carbons (Fsp3) is 0.944. The van der Waals surface area contributed by atoms with E-state index < -0.39 is 0 Å². The fourth-order valence-electron chi connectivity index (χ4n) is 3.95. The molecule has 2 atom stereocenters. The molecule has 26 heavy (non-hydrogen) atoms. The normalized spacial score (nSPS) is 27.2. The largest absolute Gasteiger partial charge is 0.379 e. The lowest BCUT2D eigenvalue weighted by atomic mass is 10.2. The molecule has 0 aromatic heterocycles. The minimum atomic E-state index is 0. The molecular weight excluding hydrogens is 445 g/mol. The predicted molar refractivity (Wildman–Crippen MR) is 116 cm³/mol. The highest BCUT2D eigenvalue weighted by Crippen LogP contribution is 2.17. The average Bonchev–Trinajstić information content (AvgIpc) is 3.16. The second kappa shape index (κ2) is 11.6. The van der Waals surface area contributed by atoms with E-state index in [2.05, 4.69) is 33.9 Å². The van der Waals surface area contributed by atoms with Crippen molar-refractivity contribution in [2.24, 2.45) is 4.99 Å². The molecule has 3 aliphatic heterocycles. The molecule has 0 aromatic rings. The molecule has 152 valence electrons. The smallest absolute Gasteiger partial charge is 0.194 e. The molecule has 0 saturated carbocycles. The molecule has 0 bridgehead atoms. The van der Waals surface area contributed by atoms with Crippen molar-refractivity contribution in [3.05, 3.63) is 0 Å². The van der Waals surface area contributed by atoms with E-state index in [0.29, 0.717) is 12.1 Å². The summed E-state index contributed by atoms with van der Waals surface area (Å²) in [6, 6.07) is 1.11. The maximum Gasteiger partial charge on any atom is 0.194 e. The minimum Gasteiger partial charge on any atom is -0.379 e. The maximum absolute atomic E-state index is 5.49. The number of aliphatic imine (C=N–C) groups is 1. The summed E-state index contributed by atoms with van der Waals surface area (Å²) in [6.07, 6.45) is 1.23. The maximum atomic E-state index is 5.49. The number of halogens is 1. The SMILES string of the molecule is CCNC(=NCC(C)N1CCOCC1)N1CCC(N2CCOCC2)C1.I. The lowest BCUT2D eigenvalue weighted by Gasteiger charge is -2.33. The first-order valence-corrected chi connectivity index (χ1v) is 9.94. The van der Waals surface area contributed by atoms with Gasteiger partial charge in [0.25, 0.3) is 0 Å². The molecule has 7 nitrogen and oxygen atoms in total. The van der Waals surface area contributed by atoms with E-state index in [9.17, 15) is 0 Å². The Balaban J connectivity index is 0.00000243. The standard InChI is InChI=1S/C18H35N5O2.HI/c1-3-19-18(20-14-16(2)21-6-10-24-11-7-21)23-5-4-17(15-23)22-8-12-25-13-9-22;/h16-17H,3-15H2,1-2H3,(H,19,20);1H. The van der Waals surface area contributed by atoms with Gasteiger partial charge < -0.3 is 19.7 Å². The molecule has 3 heterocycles. The lowest BCUT2D eigenvalue weighted by molar-refractivity contribution is 0.0194. The highest BCUT2D eigenvalue weighted by Gasteiger charge is 2.30. The number of hydrogen-bond acceptors (Lipinski definition) is 5. The Morgan fingerprint density at radius 1 is 1.08 bits per heavy atom. The number of ether oxygens (including phenoxy) is 2. The summed E-state index contributed by atoms with van der Waals surface area (Å²) in [7, 11) is 0. The third-order valence-electron chi connectivity index (χ3n) is 5.53. The van der Waals surface area contributed by atoms with E-state index in [1.54, 1.807) is 0 Å². The molecular formula is C18H36IN5O2. The highest BCUT2D eigenvalue weighted by atomic mass is 127. The molecule has 3 fully saturated rings. The Morgan fingerprint density at radius 3 is 2.38 bits per heavy atom. The van der Waals surface area contributed by atoms with Crippen LogP contribution in [0.25, 0.3) is 0 Å². The molecule has 0 aromatic carbocycles. The fourth-order valence-corrected chi connectivity index (χ4v) is 3.95. The Bertz CT molecular complexity index is 428. The van der Waals surface area contributed by atoms with Gasteiger partial charge in [0.05, 0.1) is 33.0 Å².